The summed E-state index contributed by atoms with van der Waals surface area (Å²) in [7, 11) is 0. The molecule has 1 aliphatic rings. The fourth-order valence-corrected chi connectivity index (χ4v) is 2.96. The van der Waals surface area contributed by atoms with Crippen molar-refractivity contribution in [3.8, 4) is 0 Å². The van der Waals surface area contributed by atoms with E-state index in [1.165, 1.54) is 32.1 Å². The molecule has 1 saturated carbocycles. The molecule has 0 amide bonds. The van der Waals surface area contributed by atoms with E-state index >= 15 is 0 Å². The average Bonchev–Trinajstić information content (AvgIpc) is 2.49. The molecule has 4 heteroatoms. The van der Waals surface area contributed by atoms with Crippen LogP contribution in [0.5, 0.6) is 0 Å². The Bertz CT molecular complexity index is 561. The van der Waals surface area contributed by atoms with Gasteiger partial charge < -0.3 is 5.32 Å². The minimum atomic E-state index is 0.646. The smallest absolute Gasteiger partial charge is 0.243 e. The van der Waals surface area contributed by atoms with Crippen molar-refractivity contribution in [1.29, 1.82) is 0 Å². The molecule has 0 radical (unpaired) electrons. The van der Waals surface area contributed by atoms with Crippen LogP contribution in [-0.2, 0) is 0 Å². The number of rotatable bonds is 4. The molecule has 0 unspecified atom stereocenters. The molecule has 1 heterocycles. The molecule has 0 bridgehead atoms. The van der Waals surface area contributed by atoms with E-state index in [4.69, 9.17) is 0 Å². The SMILES string of the molecule is CC1CCC(CCNc2nnc3ccccc3n2)CC1. The molecule has 0 aliphatic heterocycles. The van der Waals surface area contributed by atoms with Gasteiger partial charge in [0.05, 0.1) is 5.52 Å². The number of anilines is 1. The Labute approximate surface area is 120 Å². The third-order valence-electron chi connectivity index (χ3n) is 4.33. The van der Waals surface area contributed by atoms with Crippen LogP contribution >= 0.6 is 0 Å². The summed E-state index contributed by atoms with van der Waals surface area (Å²) in [5.74, 6) is 2.44. The van der Waals surface area contributed by atoms with Gasteiger partial charge in [0, 0.05) is 6.54 Å². The van der Waals surface area contributed by atoms with Crippen LogP contribution < -0.4 is 5.32 Å². The first-order chi connectivity index (χ1) is 9.81. The van der Waals surface area contributed by atoms with Gasteiger partial charge in [-0.1, -0.05) is 44.7 Å². The van der Waals surface area contributed by atoms with Crippen LogP contribution in [0, 0.1) is 11.8 Å². The lowest BCUT2D eigenvalue weighted by Gasteiger charge is -2.26. The molecule has 106 valence electrons. The predicted molar refractivity (Wildman–Crippen MR) is 81.6 cm³/mol. The Balaban J connectivity index is 1.52. The van der Waals surface area contributed by atoms with Crippen LogP contribution in [0.2, 0.25) is 0 Å². The maximum absolute atomic E-state index is 4.49. The molecule has 4 nitrogen and oxygen atoms in total. The number of hydrogen-bond acceptors (Lipinski definition) is 4. The average molecular weight is 270 g/mol. The van der Waals surface area contributed by atoms with E-state index in [1.807, 2.05) is 24.3 Å². The highest BCUT2D eigenvalue weighted by Gasteiger charge is 2.17. The highest BCUT2D eigenvalue weighted by atomic mass is 15.2. The third kappa shape index (κ3) is 3.24. The molecule has 1 N–H and O–H groups in total. The van der Waals surface area contributed by atoms with Crippen LogP contribution in [-0.4, -0.2) is 21.7 Å². The fraction of sp³-hybridized carbons (Fsp3) is 0.562. The van der Waals surface area contributed by atoms with Gasteiger partial charge in [0.25, 0.3) is 0 Å². The highest BCUT2D eigenvalue weighted by Crippen LogP contribution is 2.30. The number of nitrogens with one attached hydrogen (secondary N) is 1. The van der Waals surface area contributed by atoms with Gasteiger partial charge in [0.15, 0.2) is 0 Å². The zero-order valence-corrected chi connectivity index (χ0v) is 12.0. The molecule has 1 aromatic carbocycles. The summed E-state index contributed by atoms with van der Waals surface area (Å²) in [5.41, 5.74) is 1.75. The van der Waals surface area contributed by atoms with Crippen LogP contribution in [0.3, 0.4) is 0 Å². The number of fused-ring (bicyclic) bond motifs is 1. The molecule has 0 atom stereocenters. The molecular formula is C16H22N4. The van der Waals surface area contributed by atoms with Crippen LogP contribution in [0.1, 0.15) is 39.0 Å². The summed E-state index contributed by atoms with van der Waals surface area (Å²) >= 11 is 0. The minimum absolute atomic E-state index is 0.646. The first kappa shape index (κ1) is 13.3. The van der Waals surface area contributed by atoms with Gasteiger partial charge in [-0.3, -0.25) is 0 Å². The van der Waals surface area contributed by atoms with E-state index in [1.54, 1.807) is 0 Å². The van der Waals surface area contributed by atoms with E-state index in [9.17, 15) is 0 Å². The van der Waals surface area contributed by atoms with Crippen molar-refractivity contribution in [2.45, 2.75) is 39.0 Å². The number of aromatic nitrogens is 3. The second kappa shape index (κ2) is 6.16. The highest BCUT2D eigenvalue weighted by molar-refractivity contribution is 5.73. The first-order valence-electron chi connectivity index (χ1n) is 7.64. The second-order valence-electron chi connectivity index (χ2n) is 5.97. The van der Waals surface area contributed by atoms with E-state index in [-0.39, 0.29) is 0 Å². The molecule has 20 heavy (non-hydrogen) atoms. The molecule has 0 spiro atoms. The normalized spacial score (nSPS) is 22.9. The lowest BCUT2D eigenvalue weighted by Crippen LogP contribution is -2.16. The third-order valence-corrected chi connectivity index (χ3v) is 4.33. The molecular weight excluding hydrogens is 248 g/mol. The van der Waals surface area contributed by atoms with Gasteiger partial charge in [-0.2, -0.15) is 0 Å². The van der Waals surface area contributed by atoms with Gasteiger partial charge in [-0.15, -0.1) is 10.2 Å². The zero-order chi connectivity index (χ0) is 13.8. The quantitative estimate of drug-likeness (QED) is 0.921. The second-order valence-corrected chi connectivity index (χ2v) is 5.97. The largest absolute Gasteiger partial charge is 0.353 e. The predicted octanol–water partition coefficient (Wildman–Crippen LogP) is 3.65. The van der Waals surface area contributed by atoms with Crippen molar-refractivity contribution >= 4 is 17.0 Å². The summed E-state index contributed by atoms with van der Waals surface area (Å²) in [6, 6.07) is 7.83. The van der Waals surface area contributed by atoms with Crippen molar-refractivity contribution in [1.82, 2.24) is 15.2 Å². The van der Waals surface area contributed by atoms with Crippen molar-refractivity contribution < 1.29 is 0 Å². The molecule has 1 aromatic heterocycles. The lowest BCUT2D eigenvalue weighted by molar-refractivity contribution is 0.282. The van der Waals surface area contributed by atoms with Gasteiger partial charge in [-0.05, 0) is 30.4 Å². The van der Waals surface area contributed by atoms with Crippen LogP contribution in [0.15, 0.2) is 24.3 Å². The van der Waals surface area contributed by atoms with Crippen molar-refractivity contribution in [3.05, 3.63) is 24.3 Å². The zero-order valence-electron chi connectivity index (χ0n) is 12.0. The van der Waals surface area contributed by atoms with Crippen molar-refractivity contribution in [2.75, 3.05) is 11.9 Å². The molecule has 2 aromatic rings. The summed E-state index contributed by atoms with van der Waals surface area (Å²) < 4.78 is 0. The lowest BCUT2D eigenvalue weighted by atomic mass is 9.81. The Kier molecular flexibility index (Phi) is 4.09. The van der Waals surface area contributed by atoms with Crippen molar-refractivity contribution in [3.63, 3.8) is 0 Å². The summed E-state index contributed by atoms with van der Waals surface area (Å²) in [5, 5.41) is 11.6. The van der Waals surface area contributed by atoms with Gasteiger partial charge in [-0.25, -0.2) is 4.98 Å². The summed E-state index contributed by atoms with van der Waals surface area (Å²) in [4.78, 5) is 4.49. The number of hydrogen-bond donors (Lipinski definition) is 1. The first-order valence-corrected chi connectivity index (χ1v) is 7.64. The van der Waals surface area contributed by atoms with Gasteiger partial charge in [0.1, 0.15) is 5.52 Å². The van der Waals surface area contributed by atoms with E-state index < -0.39 is 0 Å². The Hall–Kier alpha value is -1.71. The maximum atomic E-state index is 4.49. The van der Waals surface area contributed by atoms with Gasteiger partial charge >= 0.3 is 0 Å². The fourth-order valence-electron chi connectivity index (χ4n) is 2.96. The maximum Gasteiger partial charge on any atom is 0.243 e. The van der Waals surface area contributed by atoms with Crippen molar-refractivity contribution in [2.24, 2.45) is 11.8 Å². The molecule has 0 saturated heterocycles. The Morgan fingerprint density at radius 3 is 2.60 bits per heavy atom. The van der Waals surface area contributed by atoms with Gasteiger partial charge in [0.2, 0.25) is 5.95 Å². The Morgan fingerprint density at radius 1 is 1.05 bits per heavy atom. The molecule has 1 aliphatic carbocycles. The molecule has 1 fully saturated rings. The van der Waals surface area contributed by atoms with E-state index in [0.29, 0.717) is 5.95 Å². The number of para-hydroxylation sites is 1. The number of benzene rings is 1. The van der Waals surface area contributed by atoms with E-state index in [0.717, 1.165) is 29.4 Å². The number of nitrogens with zero attached hydrogens (tertiary/aromatic N) is 3. The van der Waals surface area contributed by atoms with E-state index in [2.05, 4.69) is 27.4 Å². The summed E-state index contributed by atoms with van der Waals surface area (Å²) in [6.45, 7) is 3.31. The topological polar surface area (TPSA) is 50.7 Å². The summed E-state index contributed by atoms with van der Waals surface area (Å²) in [6.07, 6.45) is 6.74. The molecule has 3 rings (SSSR count). The van der Waals surface area contributed by atoms with Crippen LogP contribution in [0.25, 0.3) is 11.0 Å². The van der Waals surface area contributed by atoms with Crippen LogP contribution in [0.4, 0.5) is 5.95 Å². The minimum Gasteiger partial charge on any atom is -0.353 e. The standard InChI is InChI=1S/C16H22N4/c1-12-6-8-13(9-7-12)10-11-17-16-18-14-4-2-3-5-15(14)19-20-16/h2-5,12-13H,6-11H2,1H3,(H,17,18,20). The Morgan fingerprint density at radius 2 is 1.80 bits per heavy atom. The monoisotopic (exact) mass is 270 g/mol.